The highest BCUT2D eigenvalue weighted by Crippen LogP contribution is 2.01. The molecule has 2 rings (SSSR count). The molecule has 0 saturated heterocycles. The van der Waals surface area contributed by atoms with Gasteiger partial charge in [-0.1, -0.05) is 5.16 Å². The van der Waals surface area contributed by atoms with Crippen LogP contribution in [0.1, 0.15) is 11.6 Å². The SMILES string of the molecule is Cn1ncnc1Cn1ccnc1C(N)=NO. The molecule has 2 heterocycles. The van der Waals surface area contributed by atoms with Crippen LogP contribution >= 0.6 is 0 Å². The molecule has 0 amide bonds. The quantitative estimate of drug-likeness (QED) is 0.304. The standard InChI is InChI=1S/C8H11N7O/c1-14-6(11-5-12-14)4-15-3-2-10-8(15)7(9)13-16/h2-3,5,16H,4H2,1H3,(H2,9,13). The zero-order chi connectivity index (χ0) is 11.5. The number of hydrogen-bond donors (Lipinski definition) is 2. The summed E-state index contributed by atoms with van der Waals surface area (Å²) in [6.45, 7) is 0.460. The molecule has 3 N–H and O–H groups in total. The number of amidine groups is 1. The van der Waals surface area contributed by atoms with Crippen LogP contribution in [0.3, 0.4) is 0 Å². The second kappa shape index (κ2) is 4.01. The van der Waals surface area contributed by atoms with Crippen molar-refractivity contribution in [2.75, 3.05) is 0 Å². The molecule has 0 aliphatic heterocycles. The summed E-state index contributed by atoms with van der Waals surface area (Å²) >= 11 is 0. The van der Waals surface area contributed by atoms with Crippen molar-refractivity contribution in [3.63, 3.8) is 0 Å². The Morgan fingerprint density at radius 3 is 3.00 bits per heavy atom. The van der Waals surface area contributed by atoms with Gasteiger partial charge in [0, 0.05) is 19.4 Å². The summed E-state index contributed by atoms with van der Waals surface area (Å²) in [4.78, 5) is 8.06. The Balaban J connectivity index is 2.29. The summed E-state index contributed by atoms with van der Waals surface area (Å²) in [5.41, 5.74) is 5.48. The van der Waals surface area contributed by atoms with E-state index in [2.05, 4.69) is 20.2 Å². The Hall–Kier alpha value is -2.38. The van der Waals surface area contributed by atoms with Crippen LogP contribution in [0.15, 0.2) is 23.9 Å². The lowest BCUT2D eigenvalue weighted by atomic mass is 10.5. The van der Waals surface area contributed by atoms with E-state index in [1.54, 1.807) is 28.7 Å². The Bertz CT molecular complexity index is 512. The van der Waals surface area contributed by atoms with Gasteiger partial charge in [-0.3, -0.25) is 4.68 Å². The lowest BCUT2D eigenvalue weighted by Gasteiger charge is -2.05. The Morgan fingerprint density at radius 2 is 2.38 bits per heavy atom. The van der Waals surface area contributed by atoms with E-state index >= 15 is 0 Å². The third-order valence-corrected chi connectivity index (χ3v) is 2.17. The largest absolute Gasteiger partial charge is 0.409 e. The van der Waals surface area contributed by atoms with Crippen molar-refractivity contribution in [2.24, 2.45) is 17.9 Å². The number of imidazole rings is 1. The van der Waals surface area contributed by atoms with Crippen molar-refractivity contribution < 1.29 is 5.21 Å². The van der Waals surface area contributed by atoms with Gasteiger partial charge in [0.1, 0.15) is 12.2 Å². The average molecular weight is 221 g/mol. The fourth-order valence-corrected chi connectivity index (χ4v) is 1.33. The maximum absolute atomic E-state index is 8.59. The first-order valence-corrected chi connectivity index (χ1v) is 4.54. The molecule has 0 unspecified atom stereocenters. The van der Waals surface area contributed by atoms with Gasteiger partial charge in [0.25, 0.3) is 0 Å². The van der Waals surface area contributed by atoms with Gasteiger partial charge in [-0.15, -0.1) is 0 Å². The highest BCUT2D eigenvalue weighted by molar-refractivity contribution is 5.93. The topological polar surface area (TPSA) is 107 Å². The first kappa shape index (κ1) is 10.1. The lowest BCUT2D eigenvalue weighted by Crippen LogP contribution is -2.20. The van der Waals surface area contributed by atoms with Crippen molar-refractivity contribution in [2.45, 2.75) is 6.54 Å². The highest BCUT2D eigenvalue weighted by atomic mass is 16.4. The van der Waals surface area contributed by atoms with E-state index in [0.717, 1.165) is 5.82 Å². The maximum Gasteiger partial charge on any atom is 0.206 e. The maximum atomic E-state index is 8.59. The smallest absolute Gasteiger partial charge is 0.206 e. The molecule has 0 bridgehead atoms. The third-order valence-electron chi connectivity index (χ3n) is 2.17. The van der Waals surface area contributed by atoms with E-state index in [4.69, 9.17) is 10.9 Å². The molecule has 0 aliphatic carbocycles. The van der Waals surface area contributed by atoms with E-state index in [-0.39, 0.29) is 5.84 Å². The van der Waals surface area contributed by atoms with Gasteiger partial charge in [-0.25, -0.2) is 9.97 Å². The molecule has 0 aromatic carbocycles. The van der Waals surface area contributed by atoms with Gasteiger partial charge in [-0.2, -0.15) is 5.10 Å². The summed E-state index contributed by atoms with van der Waals surface area (Å²) < 4.78 is 3.37. The van der Waals surface area contributed by atoms with E-state index in [9.17, 15) is 0 Å². The summed E-state index contributed by atoms with van der Waals surface area (Å²) in [6.07, 6.45) is 4.77. The van der Waals surface area contributed by atoms with Gasteiger partial charge in [0.15, 0.2) is 5.82 Å². The minimum Gasteiger partial charge on any atom is -0.409 e. The number of nitrogens with two attached hydrogens (primary N) is 1. The fourth-order valence-electron chi connectivity index (χ4n) is 1.33. The molecule has 0 atom stereocenters. The van der Waals surface area contributed by atoms with Crippen molar-refractivity contribution in [3.8, 4) is 0 Å². The van der Waals surface area contributed by atoms with Crippen LogP contribution in [-0.2, 0) is 13.6 Å². The molecular formula is C8H11N7O. The molecule has 0 radical (unpaired) electrons. The van der Waals surface area contributed by atoms with Gasteiger partial charge >= 0.3 is 0 Å². The molecular weight excluding hydrogens is 210 g/mol. The molecule has 8 nitrogen and oxygen atoms in total. The third kappa shape index (κ3) is 1.72. The minimum absolute atomic E-state index is 0.0350. The summed E-state index contributed by atoms with van der Waals surface area (Å²) in [6, 6.07) is 0. The summed E-state index contributed by atoms with van der Waals surface area (Å²) in [5, 5.41) is 15.5. The summed E-state index contributed by atoms with van der Waals surface area (Å²) in [7, 11) is 1.79. The predicted octanol–water partition coefficient (Wildman–Crippen LogP) is -0.846. The molecule has 0 aliphatic rings. The normalized spacial score (nSPS) is 11.9. The average Bonchev–Trinajstić information content (AvgIpc) is 2.88. The highest BCUT2D eigenvalue weighted by Gasteiger charge is 2.10. The molecule has 2 aromatic heterocycles. The Kier molecular flexibility index (Phi) is 2.54. The van der Waals surface area contributed by atoms with Crippen LogP contribution in [0.4, 0.5) is 0 Å². The molecule has 16 heavy (non-hydrogen) atoms. The monoisotopic (exact) mass is 221 g/mol. The molecule has 0 fully saturated rings. The Morgan fingerprint density at radius 1 is 1.56 bits per heavy atom. The second-order valence-electron chi connectivity index (χ2n) is 3.16. The molecule has 0 spiro atoms. The molecule has 0 saturated carbocycles. The zero-order valence-electron chi connectivity index (χ0n) is 8.65. The number of rotatable bonds is 3. The van der Waals surface area contributed by atoms with Crippen LogP contribution in [0.2, 0.25) is 0 Å². The van der Waals surface area contributed by atoms with Gasteiger partial charge in [-0.05, 0) is 0 Å². The van der Waals surface area contributed by atoms with E-state index < -0.39 is 0 Å². The summed E-state index contributed by atoms with van der Waals surface area (Å²) in [5.74, 6) is 1.11. The van der Waals surface area contributed by atoms with Crippen molar-refractivity contribution in [1.82, 2.24) is 24.3 Å². The van der Waals surface area contributed by atoms with Crippen LogP contribution in [-0.4, -0.2) is 35.4 Å². The fraction of sp³-hybridized carbons (Fsp3) is 0.250. The van der Waals surface area contributed by atoms with Gasteiger partial charge in [0.2, 0.25) is 5.84 Å². The van der Waals surface area contributed by atoms with Crippen LogP contribution in [0.5, 0.6) is 0 Å². The zero-order valence-corrected chi connectivity index (χ0v) is 8.65. The predicted molar refractivity (Wildman–Crippen MR) is 54.8 cm³/mol. The minimum atomic E-state index is -0.0350. The first-order chi connectivity index (χ1) is 7.72. The van der Waals surface area contributed by atoms with Gasteiger partial charge < -0.3 is 15.5 Å². The number of hydrogen-bond acceptors (Lipinski definition) is 5. The van der Waals surface area contributed by atoms with Crippen LogP contribution in [0.25, 0.3) is 0 Å². The van der Waals surface area contributed by atoms with E-state index in [1.165, 1.54) is 6.33 Å². The molecule has 8 heteroatoms. The van der Waals surface area contributed by atoms with Crippen LogP contribution < -0.4 is 5.73 Å². The van der Waals surface area contributed by atoms with Gasteiger partial charge in [0.05, 0.1) is 6.54 Å². The van der Waals surface area contributed by atoms with Crippen LogP contribution in [0, 0.1) is 0 Å². The Labute approximate surface area is 91.0 Å². The van der Waals surface area contributed by atoms with E-state index in [0.29, 0.717) is 12.4 Å². The number of nitrogens with zero attached hydrogens (tertiary/aromatic N) is 6. The molecule has 2 aromatic rings. The molecule has 84 valence electrons. The van der Waals surface area contributed by atoms with Crippen molar-refractivity contribution >= 4 is 5.84 Å². The second-order valence-corrected chi connectivity index (χ2v) is 3.16. The van der Waals surface area contributed by atoms with Crippen molar-refractivity contribution in [3.05, 3.63) is 30.4 Å². The van der Waals surface area contributed by atoms with E-state index in [1.807, 2.05) is 0 Å². The number of oxime groups is 1. The number of aromatic nitrogens is 5. The lowest BCUT2D eigenvalue weighted by molar-refractivity contribution is 0.318. The number of aryl methyl sites for hydroxylation is 1. The van der Waals surface area contributed by atoms with Crippen molar-refractivity contribution in [1.29, 1.82) is 0 Å². The first-order valence-electron chi connectivity index (χ1n) is 4.54.